The molecule has 0 N–H and O–H groups in total. The summed E-state index contributed by atoms with van der Waals surface area (Å²) in [6, 6.07) is 25.2. The summed E-state index contributed by atoms with van der Waals surface area (Å²) < 4.78 is 6.73. The van der Waals surface area contributed by atoms with Crippen molar-refractivity contribution in [2.45, 2.75) is 13.5 Å². The molecule has 144 valence electrons. The summed E-state index contributed by atoms with van der Waals surface area (Å²) in [6.07, 6.45) is 1.86. The van der Waals surface area contributed by atoms with Crippen molar-refractivity contribution in [2.75, 3.05) is 5.01 Å². The number of halogens is 1. The number of para-hydroxylation sites is 1. The van der Waals surface area contributed by atoms with E-state index in [9.17, 15) is 4.79 Å². The summed E-state index contributed by atoms with van der Waals surface area (Å²) in [7, 11) is 0. The fraction of sp³-hybridized carbons (Fsp3) is 0.0833. The SMILES string of the molecule is CC1=NN(c2ccccc2)C(=O)/C1=C/c1ccc(OCc2ccccc2)c(Br)c1. The van der Waals surface area contributed by atoms with Gasteiger partial charge < -0.3 is 4.74 Å². The van der Waals surface area contributed by atoms with Crippen LogP contribution in [0.2, 0.25) is 0 Å². The fourth-order valence-corrected chi connectivity index (χ4v) is 3.57. The third kappa shape index (κ3) is 4.30. The van der Waals surface area contributed by atoms with Gasteiger partial charge in [-0.25, -0.2) is 0 Å². The van der Waals surface area contributed by atoms with E-state index in [0.717, 1.165) is 27.0 Å². The number of rotatable bonds is 5. The van der Waals surface area contributed by atoms with Crippen LogP contribution in [-0.4, -0.2) is 11.6 Å². The van der Waals surface area contributed by atoms with Crippen molar-refractivity contribution < 1.29 is 9.53 Å². The summed E-state index contributed by atoms with van der Waals surface area (Å²) in [4.78, 5) is 12.8. The summed E-state index contributed by atoms with van der Waals surface area (Å²) in [6.45, 7) is 2.34. The van der Waals surface area contributed by atoms with Crippen LogP contribution in [-0.2, 0) is 11.4 Å². The van der Waals surface area contributed by atoms with Gasteiger partial charge >= 0.3 is 0 Å². The van der Waals surface area contributed by atoms with Crippen molar-refractivity contribution in [3.63, 3.8) is 0 Å². The average molecular weight is 447 g/mol. The first-order valence-electron chi connectivity index (χ1n) is 9.25. The lowest BCUT2D eigenvalue weighted by molar-refractivity contribution is -0.114. The zero-order valence-corrected chi connectivity index (χ0v) is 17.5. The standard InChI is InChI=1S/C24H19BrN2O2/c1-17-21(24(28)27(26-17)20-10-6-3-7-11-20)14-19-12-13-23(22(25)15-19)29-16-18-8-4-2-5-9-18/h2-15H,16H2,1H3/b21-14+. The Morgan fingerprint density at radius 2 is 1.69 bits per heavy atom. The minimum Gasteiger partial charge on any atom is -0.488 e. The van der Waals surface area contributed by atoms with Crippen molar-refractivity contribution in [1.82, 2.24) is 0 Å². The van der Waals surface area contributed by atoms with E-state index in [2.05, 4.69) is 21.0 Å². The molecule has 0 aliphatic carbocycles. The smallest absolute Gasteiger partial charge is 0.280 e. The highest BCUT2D eigenvalue weighted by Crippen LogP contribution is 2.29. The Morgan fingerprint density at radius 1 is 1.00 bits per heavy atom. The van der Waals surface area contributed by atoms with Crippen LogP contribution in [0.3, 0.4) is 0 Å². The van der Waals surface area contributed by atoms with E-state index in [1.807, 2.05) is 91.9 Å². The highest BCUT2D eigenvalue weighted by atomic mass is 79.9. The first-order chi connectivity index (χ1) is 14.1. The van der Waals surface area contributed by atoms with Gasteiger partial charge in [0.15, 0.2) is 0 Å². The second-order valence-corrected chi connectivity index (χ2v) is 7.51. The summed E-state index contributed by atoms with van der Waals surface area (Å²) in [5, 5.41) is 5.85. The molecule has 1 amide bonds. The Bertz CT molecular complexity index is 1090. The molecule has 0 spiro atoms. The molecule has 0 saturated heterocycles. The van der Waals surface area contributed by atoms with Crippen molar-refractivity contribution in [2.24, 2.45) is 5.10 Å². The summed E-state index contributed by atoms with van der Waals surface area (Å²) in [5.41, 5.74) is 4.04. The number of ether oxygens (including phenoxy) is 1. The molecule has 0 fully saturated rings. The van der Waals surface area contributed by atoms with Crippen LogP contribution >= 0.6 is 15.9 Å². The Kier molecular flexibility index (Phi) is 5.58. The van der Waals surface area contributed by atoms with E-state index in [0.29, 0.717) is 17.9 Å². The number of anilines is 1. The molecule has 3 aromatic carbocycles. The number of hydrogen-bond donors (Lipinski definition) is 0. The Morgan fingerprint density at radius 3 is 2.38 bits per heavy atom. The molecule has 0 aromatic heterocycles. The molecular weight excluding hydrogens is 428 g/mol. The van der Waals surface area contributed by atoms with Gasteiger partial charge in [-0.15, -0.1) is 0 Å². The van der Waals surface area contributed by atoms with Crippen LogP contribution in [0.5, 0.6) is 5.75 Å². The Balaban J connectivity index is 1.52. The highest BCUT2D eigenvalue weighted by Gasteiger charge is 2.28. The monoisotopic (exact) mass is 446 g/mol. The van der Waals surface area contributed by atoms with Crippen LogP contribution < -0.4 is 9.75 Å². The third-order valence-electron chi connectivity index (χ3n) is 4.57. The fourth-order valence-electron chi connectivity index (χ4n) is 3.05. The van der Waals surface area contributed by atoms with Crippen LogP contribution in [0.15, 0.2) is 94.0 Å². The molecule has 1 aliphatic heterocycles. The molecule has 1 aliphatic rings. The van der Waals surface area contributed by atoms with E-state index >= 15 is 0 Å². The first-order valence-corrected chi connectivity index (χ1v) is 10.0. The molecule has 5 heteroatoms. The number of amides is 1. The normalized spacial score (nSPS) is 15.0. The van der Waals surface area contributed by atoms with Crippen molar-refractivity contribution in [3.05, 3.63) is 100 Å². The maximum Gasteiger partial charge on any atom is 0.280 e. The van der Waals surface area contributed by atoms with Gasteiger partial charge in [-0.2, -0.15) is 10.1 Å². The molecule has 3 aromatic rings. The lowest BCUT2D eigenvalue weighted by Crippen LogP contribution is -2.21. The lowest BCUT2D eigenvalue weighted by atomic mass is 10.1. The molecule has 0 saturated carbocycles. The second kappa shape index (κ2) is 8.45. The van der Waals surface area contributed by atoms with Gasteiger partial charge in [0, 0.05) is 0 Å². The van der Waals surface area contributed by atoms with Crippen LogP contribution in [0, 0.1) is 0 Å². The maximum atomic E-state index is 12.8. The molecule has 0 atom stereocenters. The van der Waals surface area contributed by atoms with Crippen molar-refractivity contribution in [1.29, 1.82) is 0 Å². The molecule has 4 nitrogen and oxygen atoms in total. The predicted octanol–water partition coefficient (Wildman–Crippen LogP) is 5.83. The van der Waals surface area contributed by atoms with E-state index in [1.165, 1.54) is 5.01 Å². The molecule has 4 rings (SSSR count). The van der Waals surface area contributed by atoms with Gasteiger partial charge in [0.1, 0.15) is 12.4 Å². The van der Waals surface area contributed by atoms with Crippen molar-refractivity contribution in [3.8, 4) is 5.75 Å². The molecule has 0 radical (unpaired) electrons. The van der Waals surface area contributed by atoms with Gasteiger partial charge in [-0.1, -0.05) is 54.6 Å². The third-order valence-corrected chi connectivity index (χ3v) is 5.19. The molecule has 1 heterocycles. The topological polar surface area (TPSA) is 41.9 Å². The quantitative estimate of drug-likeness (QED) is 0.462. The average Bonchev–Trinajstić information content (AvgIpc) is 3.03. The zero-order valence-electron chi connectivity index (χ0n) is 15.9. The number of hydrazone groups is 1. The second-order valence-electron chi connectivity index (χ2n) is 6.66. The van der Waals surface area contributed by atoms with Crippen LogP contribution in [0.1, 0.15) is 18.1 Å². The highest BCUT2D eigenvalue weighted by molar-refractivity contribution is 9.10. The number of carbonyl (C=O) groups is 1. The van der Waals surface area contributed by atoms with Gasteiger partial charge in [0.2, 0.25) is 0 Å². The molecular formula is C24H19BrN2O2. The maximum absolute atomic E-state index is 12.8. The minimum absolute atomic E-state index is 0.130. The van der Waals surface area contributed by atoms with E-state index in [-0.39, 0.29) is 5.91 Å². The Labute approximate surface area is 178 Å². The Hall–Kier alpha value is -3.18. The summed E-state index contributed by atoms with van der Waals surface area (Å²) >= 11 is 3.57. The first kappa shape index (κ1) is 19.2. The van der Waals surface area contributed by atoms with Gasteiger partial charge in [0.05, 0.1) is 21.4 Å². The zero-order chi connectivity index (χ0) is 20.2. The number of benzene rings is 3. The van der Waals surface area contributed by atoms with Crippen LogP contribution in [0.25, 0.3) is 6.08 Å². The van der Waals surface area contributed by atoms with Gasteiger partial charge in [-0.3, -0.25) is 4.79 Å². The lowest BCUT2D eigenvalue weighted by Gasteiger charge is -2.11. The minimum atomic E-state index is -0.130. The largest absolute Gasteiger partial charge is 0.488 e. The molecule has 29 heavy (non-hydrogen) atoms. The number of carbonyl (C=O) groups excluding carboxylic acids is 1. The van der Waals surface area contributed by atoms with E-state index in [1.54, 1.807) is 0 Å². The van der Waals surface area contributed by atoms with Gasteiger partial charge in [0.25, 0.3) is 5.91 Å². The molecule has 0 bridgehead atoms. The van der Waals surface area contributed by atoms with Crippen LogP contribution in [0.4, 0.5) is 5.69 Å². The predicted molar refractivity (Wildman–Crippen MR) is 120 cm³/mol. The molecule has 0 unspecified atom stereocenters. The van der Waals surface area contributed by atoms with Gasteiger partial charge in [-0.05, 0) is 64.3 Å². The number of hydrogen-bond acceptors (Lipinski definition) is 3. The van der Waals surface area contributed by atoms with Crippen molar-refractivity contribution >= 4 is 39.3 Å². The van der Waals surface area contributed by atoms with E-state index in [4.69, 9.17) is 4.74 Å². The summed E-state index contributed by atoms with van der Waals surface area (Å²) in [5.74, 6) is 0.624. The van der Waals surface area contributed by atoms with E-state index < -0.39 is 0 Å². The number of nitrogens with zero attached hydrogens (tertiary/aromatic N) is 2.